The van der Waals surface area contributed by atoms with E-state index in [2.05, 4.69) is 6.58 Å². The standard InChI is InChI=1S/C25H29FN2O3/c1-3-12-27-13-14-28(24(29)11-15-31-2)18-21(25(27)30)16-19-7-4-5-10-23(19)20-8-6-9-22(26)17-20/h3-10,17,21H,1,11-16,18H2,2H3. The van der Waals surface area contributed by atoms with Gasteiger partial charge in [-0.3, -0.25) is 9.59 Å². The maximum absolute atomic E-state index is 13.8. The van der Waals surface area contributed by atoms with Crippen LogP contribution in [0, 0.1) is 11.7 Å². The zero-order valence-corrected chi connectivity index (χ0v) is 17.9. The fourth-order valence-corrected chi connectivity index (χ4v) is 4.01. The van der Waals surface area contributed by atoms with Crippen molar-refractivity contribution in [3.05, 3.63) is 72.6 Å². The Balaban J connectivity index is 1.89. The van der Waals surface area contributed by atoms with Crippen molar-refractivity contribution in [3.63, 3.8) is 0 Å². The smallest absolute Gasteiger partial charge is 0.228 e. The molecule has 1 fully saturated rings. The normalized spacial score (nSPS) is 16.8. The quantitative estimate of drug-likeness (QED) is 0.609. The highest BCUT2D eigenvalue weighted by molar-refractivity contribution is 5.83. The van der Waals surface area contributed by atoms with Gasteiger partial charge in [0.1, 0.15) is 5.82 Å². The van der Waals surface area contributed by atoms with Gasteiger partial charge in [-0.05, 0) is 35.2 Å². The third kappa shape index (κ3) is 5.79. The molecule has 1 atom stereocenters. The van der Waals surface area contributed by atoms with Crippen molar-refractivity contribution in [1.29, 1.82) is 0 Å². The average Bonchev–Trinajstić information content (AvgIpc) is 2.92. The molecular formula is C25H29FN2O3. The van der Waals surface area contributed by atoms with Gasteiger partial charge in [-0.15, -0.1) is 6.58 Å². The number of methoxy groups -OCH3 is 1. The van der Waals surface area contributed by atoms with Crippen LogP contribution < -0.4 is 0 Å². The number of ether oxygens (including phenoxy) is 1. The fourth-order valence-electron chi connectivity index (χ4n) is 4.01. The highest BCUT2D eigenvalue weighted by Gasteiger charge is 2.32. The molecule has 2 aromatic rings. The van der Waals surface area contributed by atoms with Gasteiger partial charge >= 0.3 is 0 Å². The molecule has 1 saturated heterocycles. The minimum absolute atomic E-state index is 0.0102. The van der Waals surface area contributed by atoms with E-state index in [9.17, 15) is 14.0 Å². The lowest BCUT2D eigenvalue weighted by atomic mass is 9.91. The van der Waals surface area contributed by atoms with E-state index in [-0.39, 0.29) is 23.5 Å². The van der Waals surface area contributed by atoms with E-state index in [4.69, 9.17) is 4.74 Å². The highest BCUT2D eigenvalue weighted by atomic mass is 19.1. The van der Waals surface area contributed by atoms with Gasteiger partial charge in [0.15, 0.2) is 0 Å². The molecule has 2 aromatic carbocycles. The number of amides is 2. The van der Waals surface area contributed by atoms with Crippen molar-refractivity contribution in [2.75, 3.05) is 39.9 Å². The summed E-state index contributed by atoms with van der Waals surface area (Å²) in [6, 6.07) is 14.2. The number of rotatable bonds is 8. The van der Waals surface area contributed by atoms with Gasteiger partial charge in [-0.2, -0.15) is 0 Å². The van der Waals surface area contributed by atoms with Gasteiger partial charge in [0.2, 0.25) is 11.8 Å². The Hall–Kier alpha value is -2.99. The summed E-state index contributed by atoms with van der Waals surface area (Å²) in [7, 11) is 1.57. The molecule has 6 heteroatoms. The van der Waals surface area contributed by atoms with Crippen molar-refractivity contribution < 1.29 is 18.7 Å². The predicted molar refractivity (Wildman–Crippen MR) is 119 cm³/mol. The first-order valence-corrected chi connectivity index (χ1v) is 10.5. The number of carbonyl (C=O) groups excluding carboxylic acids is 2. The SMILES string of the molecule is C=CCN1CCN(C(=O)CCOC)CC(Cc2ccccc2-c2cccc(F)c2)C1=O. The lowest BCUT2D eigenvalue weighted by molar-refractivity contribution is -0.134. The summed E-state index contributed by atoms with van der Waals surface area (Å²) in [6.07, 6.45) is 2.46. The maximum atomic E-state index is 13.8. The summed E-state index contributed by atoms with van der Waals surface area (Å²) < 4.78 is 18.9. The van der Waals surface area contributed by atoms with E-state index in [0.29, 0.717) is 45.6 Å². The first kappa shape index (κ1) is 22.7. The van der Waals surface area contributed by atoms with Gasteiger partial charge in [-0.25, -0.2) is 4.39 Å². The van der Waals surface area contributed by atoms with Crippen molar-refractivity contribution in [3.8, 4) is 11.1 Å². The van der Waals surface area contributed by atoms with Crippen molar-refractivity contribution in [2.24, 2.45) is 5.92 Å². The molecule has 164 valence electrons. The topological polar surface area (TPSA) is 49.9 Å². The number of carbonyl (C=O) groups is 2. The van der Waals surface area contributed by atoms with Gasteiger partial charge in [0.25, 0.3) is 0 Å². The van der Waals surface area contributed by atoms with E-state index >= 15 is 0 Å². The molecule has 0 saturated carbocycles. The summed E-state index contributed by atoms with van der Waals surface area (Å²) in [5.74, 6) is -0.692. The summed E-state index contributed by atoms with van der Waals surface area (Å²) in [5.41, 5.74) is 2.62. The minimum atomic E-state index is -0.386. The Morgan fingerprint density at radius 2 is 2.03 bits per heavy atom. The molecule has 0 spiro atoms. The van der Waals surface area contributed by atoms with Gasteiger partial charge in [0.05, 0.1) is 18.9 Å². The van der Waals surface area contributed by atoms with E-state index in [1.165, 1.54) is 12.1 Å². The second kappa shape index (κ2) is 10.9. The second-order valence-electron chi connectivity index (χ2n) is 7.72. The number of benzene rings is 2. The van der Waals surface area contributed by atoms with Crippen LogP contribution in [-0.2, 0) is 20.7 Å². The Kier molecular flexibility index (Phi) is 7.95. The van der Waals surface area contributed by atoms with Crippen molar-refractivity contribution in [2.45, 2.75) is 12.8 Å². The van der Waals surface area contributed by atoms with E-state index < -0.39 is 0 Å². The number of halogens is 1. The third-order valence-corrected chi connectivity index (χ3v) is 5.58. The average molecular weight is 425 g/mol. The molecule has 3 rings (SSSR count). The Morgan fingerprint density at radius 1 is 1.23 bits per heavy atom. The predicted octanol–water partition coefficient (Wildman–Crippen LogP) is 3.54. The highest BCUT2D eigenvalue weighted by Crippen LogP contribution is 2.28. The molecule has 0 bridgehead atoms. The van der Waals surface area contributed by atoms with E-state index in [0.717, 1.165) is 16.7 Å². The molecule has 0 N–H and O–H groups in total. The van der Waals surface area contributed by atoms with Gasteiger partial charge < -0.3 is 14.5 Å². The van der Waals surface area contributed by atoms with Crippen LogP contribution in [0.25, 0.3) is 11.1 Å². The molecule has 0 aliphatic carbocycles. The first-order valence-electron chi connectivity index (χ1n) is 10.5. The molecule has 0 aromatic heterocycles. The zero-order valence-electron chi connectivity index (χ0n) is 17.9. The number of nitrogens with zero attached hydrogens (tertiary/aromatic N) is 2. The largest absolute Gasteiger partial charge is 0.384 e. The molecule has 1 unspecified atom stereocenters. The van der Waals surface area contributed by atoms with Gasteiger partial charge in [-0.1, -0.05) is 42.5 Å². The fraction of sp³-hybridized carbons (Fsp3) is 0.360. The van der Waals surface area contributed by atoms with Crippen LogP contribution in [0.2, 0.25) is 0 Å². The van der Waals surface area contributed by atoms with Crippen LogP contribution in [0.1, 0.15) is 12.0 Å². The molecule has 5 nitrogen and oxygen atoms in total. The summed E-state index contributed by atoms with van der Waals surface area (Å²) in [6.45, 7) is 5.88. The van der Waals surface area contributed by atoms with Crippen LogP contribution in [0.4, 0.5) is 4.39 Å². The van der Waals surface area contributed by atoms with Crippen LogP contribution >= 0.6 is 0 Å². The number of hydrogen-bond donors (Lipinski definition) is 0. The zero-order chi connectivity index (χ0) is 22.2. The van der Waals surface area contributed by atoms with Gasteiger partial charge in [0, 0.05) is 33.3 Å². The lowest BCUT2D eigenvalue weighted by Crippen LogP contribution is -2.38. The first-order chi connectivity index (χ1) is 15.0. The molecule has 1 heterocycles. The van der Waals surface area contributed by atoms with Crippen LogP contribution in [0.5, 0.6) is 0 Å². The molecule has 1 aliphatic rings. The van der Waals surface area contributed by atoms with Crippen molar-refractivity contribution in [1.82, 2.24) is 9.80 Å². The monoisotopic (exact) mass is 424 g/mol. The summed E-state index contributed by atoms with van der Waals surface area (Å²) in [5, 5.41) is 0. The Bertz CT molecular complexity index is 930. The maximum Gasteiger partial charge on any atom is 0.228 e. The number of hydrogen-bond acceptors (Lipinski definition) is 3. The van der Waals surface area contributed by atoms with Crippen molar-refractivity contribution >= 4 is 11.8 Å². The molecular weight excluding hydrogens is 395 g/mol. The van der Waals surface area contributed by atoms with Crippen LogP contribution in [-0.4, -0.2) is 61.5 Å². The third-order valence-electron chi connectivity index (χ3n) is 5.58. The van der Waals surface area contributed by atoms with E-state index in [1.54, 1.807) is 29.1 Å². The van der Waals surface area contributed by atoms with Crippen LogP contribution in [0.15, 0.2) is 61.2 Å². The molecule has 0 radical (unpaired) electrons. The Morgan fingerprint density at radius 3 is 2.77 bits per heavy atom. The van der Waals surface area contributed by atoms with Crippen LogP contribution in [0.3, 0.4) is 0 Å². The lowest BCUT2D eigenvalue weighted by Gasteiger charge is -2.24. The Labute approximate surface area is 183 Å². The summed E-state index contributed by atoms with van der Waals surface area (Å²) >= 11 is 0. The van der Waals surface area contributed by atoms with E-state index in [1.807, 2.05) is 30.3 Å². The molecule has 31 heavy (non-hydrogen) atoms. The molecule has 1 aliphatic heterocycles. The summed E-state index contributed by atoms with van der Waals surface area (Å²) in [4.78, 5) is 29.5. The minimum Gasteiger partial charge on any atom is -0.384 e. The second-order valence-corrected chi connectivity index (χ2v) is 7.72. The molecule has 2 amide bonds.